The van der Waals surface area contributed by atoms with Crippen LogP contribution in [0.15, 0.2) is 41.5 Å². The number of unbranched alkanes of at least 4 members (excludes halogenated alkanes) is 1. The van der Waals surface area contributed by atoms with E-state index in [0.717, 1.165) is 50.7 Å². The summed E-state index contributed by atoms with van der Waals surface area (Å²) in [5.41, 5.74) is 0. The van der Waals surface area contributed by atoms with Gasteiger partial charge in [-0.3, -0.25) is 4.99 Å². The molecule has 0 saturated carbocycles. The zero-order valence-corrected chi connectivity index (χ0v) is 16.9. The van der Waals surface area contributed by atoms with Crippen molar-refractivity contribution in [3.63, 3.8) is 0 Å². The predicted molar refractivity (Wildman–Crippen MR) is 113 cm³/mol. The summed E-state index contributed by atoms with van der Waals surface area (Å²) in [5.74, 6) is 1.84. The van der Waals surface area contributed by atoms with Gasteiger partial charge in [0.25, 0.3) is 0 Å². The lowest BCUT2D eigenvalue weighted by Gasteiger charge is -2.17. The molecule has 0 radical (unpaired) electrons. The molecule has 2 rings (SSSR count). The quantitative estimate of drug-likeness (QED) is 0.336. The summed E-state index contributed by atoms with van der Waals surface area (Å²) in [6, 6.07) is 10.7. The summed E-state index contributed by atoms with van der Waals surface area (Å²) >= 11 is 1.87. The van der Waals surface area contributed by atoms with Gasteiger partial charge in [0.2, 0.25) is 0 Å². The second-order valence-electron chi connectivity index (χ2n) is 6.37. The van der Waals surface area contributed by atoms with E-state index >= 15 is 0 Å². The largest absolute Gasteiger partial charge is 0.370 e. The number of nitrogens with one attached hydrogen (secondary N) is 3. The number of guanidine groups is 1. The highest BCUT2D eigenvalue weighted by Gasteiger charge is 2.07. The number of hydrogen-bond acceptors (Lipinski definition) is 4. The monoisotopic (exact) mass is 373 g/mol. The van der Waals surface area contributed by atoms with Gasteiger partial charge in [0.05, 0.1) is 0 Å². The lowest BCUT2D eigenvalue weighted by atomic mass is 10.2. The standard InChI is InChI=1S/C20H31N5S/c1-4-21-20(25-16(2)15-18-11-10-17(3)26-18)24-14-8-7-13-23-19-9-5-6-12-22-19/h5-6,9-12,16H,4,7-8,13-15H2,1-3H3,(H,22,23)(H2,21,24,25). The first-order valence-corrected chi connectivity index (χ1v) is 10.2. The van der Waals surface area contributed by atoms with Gasteiger partial charge in [-0.05, 0) is 57.9 Å². The number of rotatable bonds is 10. The molecule has 142 valence electrons. The average molecular weight is 374 g/mol. The van der Waals surface area contributed by atoms with Crippen LogP contribution in [0.4, 0.5) is 5.82 Å². The van der Waals surface area contributed by atoms with Crippen LogP contribution < -0.4 is 16.0 Å². The first-order valence-electron chi connectivity index (χ1n) is 9.42. The third-order valence-electron chi connectivity index (χ3n) is 3.86. The zero-order valence-electron chi connectivity index (χ0n) is 16.1. The second-order valence-corrected chi connectivity index (χ2v) is 7.74. The molecule has 0 spiro atoms. The van der Waals surface area contributed by atoms with Gasteiger partial charge in [-0.15, -0.1) is 11.3 Å². The molecule has 2 heterocycles. The normalized spacial score (nSPS) is 12.7. The average Bonchev–Trinajstić information content (AvgIpc) is 3.03. The number of anilines is 1. The Kier molecular flexibility index (Phi) is 8.96. The van der Waals surface area contributed by atoms with Crippen molar-refractivity contribution in [1.29, 1.82) is 0 Å². The van der Waals surface area contributed by atoms with E-state index in [-0.39, 0.29) is 0 Å². The van der Waals surface area contributed by atoms with Crippen LogP contribution in [0.1, 0.15) is 36.4 Å². The van der Waals surface area contributed by atoms with E-state index in [4.69, 9.17) is 4.99 Å². The SMILES string of the molecule is CCNC(=NCCCCNc1ccccn1)NC(C)Cc1ccc(C)s1. The minimum absolute atomic E-state index is 0.358. The van der Waals surface area contributed by atoms with Crippen molar-refractivity contribution in [1.82, 2.24) is 15.6 Å². The molecule has 0 aliphatic rings. The Balaban J connectivity index is 1.68. The van der Waals surface area contributed by atoms with Crippen molar-refractivity contribution in [2.24, 2.45) is 4.99 Å². The molecule has 26 heavy (non-hydrogen) atoms. The summed E-state index contributed by atoms with van der Waals surface area (Å²) in [4.78, 5) is 11.7. The van der Waals surface area contributed by atoms with E-state index in [2.05, 4.69) is 53.8 Å². The summed E-state index contributed by atoms with van der Waals surface area (Å²) < 4.78 is 0. The van der Waals surface area contributed by atoms with Gasteiger partial charge in [0, 0.05) is 48.0 Å². The van der Waals surface area contributed by atoms with Crippen LogP contribution in [-0.4, -0.2) is 36.6 Å². The Labute approximate surface area is 161 Å². The second kappa shape index (κ2) is 11.5. The molecule has 0 aliphatic carbocycles. The lowest BCUT2D eigenvalue weighted by Crippen LogP contribution is -2.43. The van der Waals surface area contributed by atoms with E-state index in [0.29, 0.717) is 6.04 Å². The Morgan fingerprint density at radius 3 is 2.81 bits per heavy atom. The maximum absolute atomic E-state index is 4.70. The van der Waals surface area contributed by atoms with Crippen molar-refractivity contribution in [2.75, 3.05) is 25.0 Å². The van der Waals surface area contributed by atoms with Crippen LogP contribution in [-0.2, 0) is 6.42 Å². The van der Waals surface area contributed by atoms with Crippen molar-refractivity contribution in [3.8, 4) is 0 Å². The molecular weight excluding hydrogens is 342 g/mol. The number of aromatic nitrogens is 1. The molecule has 5 nitrogen and oxygen atoms in total. The first kappa shape index (κ1) is 20.2. The summed E-state index contributed by atoms with van der Waals surface area (Å²) in [7, 11) is 0. The summed E-state index contributed by atoms with van der Waals surface area (Å²) in [6.45, 7) is 9.08. The summed E-state index contributed by atoms with van der Waals surface area (Å²) in [5, 5.41) is 10.2. The molecular formula is C20H31N5S. The molecule has 0 bridgehead atoms. The van der Waals surface area contributed by atoms with Crippen molar-refractivity contribution in [3.05, 3.63) is 46.3 Å². The molecule has 0 fully saturated rings. The van der Waals surface area contributed by atoms with Gasteiger partial charge in [-0.1, -0.05) is 6.07 Å². The maximum atomic E-state index is 4.70. The Morgan fingerprint density at radius 2 is 2.12 bits per heavy atom. The minimum atomic E-state index is 0.358. The van der Waals surface area contributed by atoms with Gasteiger partial charge in [0.15, 0.2) is 5.96 Å². The van der Waals surface area contributed by atoms with Gasteiger partial charge in [0.1, 0.15) is 5.82 Å². The molecule has 2 aromatic rings. The molecule has 2 aromatic heterocycles. The van der Waals surface area contributed by atoms with Crippen LogP contribution in [0.5, 0.6) is 0 Å². The Bertz CT molecular complexity index is 653. The van der Waals surface area contributed by atoms with Crippen LogP contribution in [0.3, 0.4) is 0 Å². The first-order chi connectivity index (χ1) is 12.7. The van der Waals surface area contributed by atoms with Crippen LogP contribution in [0.2, 0.25) is 0 Å². The maximum Gasteiger partial charge on any atom is 0.191 e. The molecule has 0 aromatic carbocycles. The number of aliphatic imine (C=N–C) groups is 1. The van der Waals surface area contributed by atoms with Crippen molar-refractivity contribution < 1.29 is 0 Å². The molecule has 0 saturated heterocycles. The van der Waals surface area contributed by atoms with E-state index in [9.17, 15) is 0 Å². The van der Waals surface area contributed by atoms with Crippen molar-refractivity contribution in [2.45, 2.75) is 46.1 Å². The topological polar surface area (TPSA) is 61.3 Å². The highest BCUT2D eigenvalue weighted by Crippen LogP contribution is 2.16. The third-order valence-corrected chi connectivity index (χ3v) is 4.88. The number of hydrogen-bond donors (Lipinski definition) is 3. The van der Waals surface area contributed by atoms with Gasteiger partial charge >= 0.3 is 0 Å². The molecule has 6 heteroatoms. The lowest BCUT2D eigenvalue weighted by molar-refractivity contribution is 0.643. The predicted octanol–water partition coefficient (Wildman–Crippen LogP) is 3.83. The Morgan fingerprint density at radius 1 is 1.23 bits per heavy atom. The molecule has 1 atom stereocenters. The number of pyridine rings is 1. The molecule has 1 unspecified atom stereocenters. The van der Waals surface area contributed by atoms with Crippen LogP contribution in [0.25, 0.3) is 0 Å². The Hall–Kier alpha value is -2.08. The highest BCUT2D eigenvalue weighted by molar-refractivity contribution is 7.11. The van der Waals surface area contributed by atoms with Crippen LogP contribution in [0, 0.1) is 6.92 Å². The fourth-order valence-electron chi connectivity index (χ4n) is 2.61. The molecule has 0 amide bonds. The smallest absolute Gasteiger partial charge is 0.191 e. The van der Waals surface area contributed by atoms with E-state index in [1.54, 1.807) is 6.20 Å². The number of aryl methyl sites for hydroxylation is 1. The van der Waals surface area contributed by atoms with E-state index < -0.39 is 0 Å². The van der Waals surface area contributed by atoms with E-state index in [1.165, 1.54) is 9.75 Å². The molecule has 0 aliphatic heterocycles. The number of nitrogens with zero attached hydrogens (tertiary/aromatic N) is 2. The zero-order chi connectivity index (χ0) is 18.6. The summed E-state index contributed by atoms with van der Waals surface area (Å²) in [6.07, 6.45) is 4.95. The van der Waals surface area contributed by atoms with Gasteiger partial charge in [-0.25, -0.2) is 4.98 Å². The van der Waals surface area contributed by atoms with Crippen LogP contribution >= 0.6 is 11.3 Å². The third kappa shape index (κ3) is 7.87. The van der Waals surface area contributed by atoms with Gasteiger partial charge < -0.3 is 16.0 Å². The fourth-order valence-corrected chi connectivity index (χ4v) is 3.63. The molecule has 3 N–H and O–H groups in total. The highest BCUT2D eigenvalue weighted by atomic mass is 32.1. The van der Waals surface area contributed by atoms with E-state index in [1.807, 2.05) is 29.5 Å². The van der Waals surface area contributed by atoms with Crippen molar-refractivity contribution >= 4 is 23.1 Å². The van der Waals surface area contributed by atoms with Gasteiger partial charge in [-0.2, -0.15) is 0 Å². The minimum Gasteiger partial charge on any atom is -0.370 e. The fraction of sp³-hybridized carbons (Fsp3) is 0.500. The number of thiophene rings is 1.